The van der Waals surface area contributed by atoms with Crippen molar-refractivity contribution < 1.29 is 14.0 Å². The fourth-order valence-electron chi connectivity index (χ4n) is 4.27. The van der Waals surface area contributed by atoms with Gasteiger partial charge < -0.3 is 14.8 Å². The van der Waals surface area contributed by atoms with Crippen molar-refractivity contribution in [1.29, 1.82) is 0 Å². The molecule has 2 aromatic carbocycles. The van der Waals surface area contributed by atoms with Gasteiger partial charge in [-0.2, -0.15) is 0 Å². The van der Waals surface area contributed by atoms with Crippen LogP contribution in [0.15, 0.2) is 72.1 Å². The Morgan fingerprint density at radius 3 is 2.66 bits per heavy atom. The quantitative estimate of drug-likeness (QED) is 0.487. The zero-order chi connectivity index (χ0) is 22.3. The van der Waals surface area contributed by atoms with Gasteiger partial charge in [0, 0.05) is 17.5 Å². The van der Waals surface area contributed by atoms with Crippen molar-refractivity contribution in [1.82, 2.24) is 14.8 Å². The van der Waals surface area contributed by atoms with Crippen molar-refractivity contribution in [2.45, 2.75) is 32.1 Å². The Balaban J connectivity index is 1.53. The minimum Gasteiger partial charge on any atom is -0.350 e. The maximum absolute atomic E-state index is 14.5. The number of carbonyl (C=O) groups excluding carboxylic acids is 2. The first kappa shape index (κ1) is 20.5. The highest BCUT2D eigenvalue weighted by Gasteiger charge is 2.47. The molecule has 0 aliphatic carbocycles. The second kappa shape index (κ2) is 7.91. The molecule has 1 aliphatic heterocycles. The third-order valence-electron chi connectivity index (χ3n) is 6.10. The minimum absolute atomic E-state index is 0.0135. The van der Waals surface area contributed by atoms with Gasteiger partial charge in [-0.1, -0.05) is 48.5 Å². The lowest BCUT2D eigenvalue weighted by atomic mass is 9.93. The summed E-state index contributed by atoms with van der Waals surface area (Å²) in [5.41, 5.74) is 0.688. The summed E-state index contributed by atoms with van der Waals surface area (Å²) in [7, 11) is 0. The number of nitrogens with one attached hydrogen (secondary N) is 1. The Kier molecular flexibility index (Phi) is 5.06. The van der Waals surface area contributed by atoms with Gasteiger partial charge in [-0.3, -0.25) is 9.59 Å². The molecule has 5 rings (SSSR count). The zero-order valence-electron chi connectivity index (χ0n) is 17.5. The minimum atomic E-state index is -1.18. The fourth-order valence-corrected chi connectivity index (χ4v) is 5.17. The second-order valence-corrected chi connectivity index (χ2v) is 9.12. The topological polar surface area (TPSA) is 54.3 Å². The van der Waals surface area contributed by atoms with Crippen molar-refractivity contribution >= 4 is 33.4 Å². The average molecular weight is 448 g/mol. The molecule has 1 aliphatic rings. The number of rotatable bonds is 5. The average Bonchev–Trinajstić information content (AvgIpc) is 3.39. The maximum atomic E-state index is 14.5. The molecule has 0 fully saturated rings. The first-order valence-corrected chi connectivity index (χ1v) is 11.3. The predicted molar refractivity (Wildman–Crippen MR) is 123 cm³/mol. The molecule has 3 heterocycles. The van der Waals surface area contributed by atoms with Crippen LogP contribution >= 0.6 is 11.3 Å². The molecule has 2 aromatic heterocycles. The van der Waals surface area contributed by atoms with Gasteiger partial charge in [0.05, 0.1) is 13.1 Å². The van der Waals surface area contributed by atoms with Gasteiger partial charge in [-0.15, -0.1) is 11.3 Å². The number of hydrogen-bond acceptors (Lipinski definition) is 3. The SMILES string of the molecule is C[C@]1(C(=O)NCc2ccccc2)Cn2c(cc3ccsc32)C(=O)N1Cc1ccccc1F. The molecular weight excluding hydrogens is 425 g/mol. The number of aromatic nitrogens is 1. The van der Waals surface area contributed by atoms with Gasteiger partial charge in [0.1, 0.15) is 21.9 Å². The van der Waals surface area contributed by atoms with Gasteiger partial charge in [-0.05, 0) is 36.1 Å². The lowest BCUT2D eigenvalue weighted by molar-refractivity contribution is -0.133. The number of thiophene rings is 1. The molecule has 2 amide bonds. The highest BCUT2D eigenvalue weighted by Crippen LogP contribution is 2.35. The van der Waals surface area contributed by atoms with Crippen molar-refractivity contribution in [2.24, 2.45) is 0 Å². The molecule has 0 spiro atoms. The molecule has 4 aromatic rings. The third kappa shape index (κ3) is 3.39. The van der Waals surface area contributed by atoms with E-state index in [2.05, 4.69) is 5.32 Å². The van der Waals surface area contributed by atoms with Crippen molar-refractivity contribution in [3.63, 3.8) is 0 Å². The Morgan fingerprint density at radius 2 is 1.88 bits per heavy atom. The normalized spacial score (nSPS) is 18.1. The number of carbonyl (C=O) groups is 2. The van der Waals surface area contributed by atoms with Crippen molar-refractivity contribution in [2.75, 3.05) is 0 Å². The van der Waals surface area contributed by atoms with E-state index in [4.69, 9.17) is 0 Å². The molecule has 7 heteroatoms. The van der Waals surface area contributed by atoms with Gasteiger partial charge >= 0.3 is 0 Å². The van der Waals surface area contributed by atoms with Gasteiger partial charge in [0.2, 0.25) is 5.91 Å². The van der Waals surface area contributed by atoms with Gasteiger partial charge in [-0.25, -0.2) is 4.39 Å². The van der Waals surface area contributed by atoms with Crippen LogP contribution in [-0.2, 0) is 24.4 Å². The summed E-state index contributed by atoms with van der Waals surface area (Å²) in [5.74, 6) is -0.940. The summed E-state index contributed by atoms with van der Waals surface area (Å²) in [6.45, 7) is 2.42. The highest BCUT2D eigenvalue weighted by molar-refractivity contribution is 7.16. The van der Waals surface area contributed by atoms with Crippen LogP contribution in [0.5, 0.6) is 0 Å². The summed E-state index contributed by atoms with van der Waals surface area (Å²) in [4.78, 5) is 29.6. The van der Waals surface area contributed by atoms with Crippen LogP contribution in [0.25, 0.3) is 10.2 Å². The summed E-state index contributed by atoms with van der Waals surface area (Å²) in [6.07, 6.45) is 0. The van der Waals surface area contributed by atoms with E-state index >= 15 is 0 Å². The lowest BCUT2D eigenvalue weighted by Crippen LogP contribution is -2.63. The van der Waals surface area contributed by atoms with Crippen LogP contribution in [0.4, 0.5) is 4.39 Å². The summed E-state index contributed by atoms with van der Waals surface area (Å²) in [5, 5.41) is 5.93. The van der Waals surface area contributed by atoms with Crippen molar-refractivity contribution in [3.8, 4) is 0 Å². The van der Waals surface area contributed by atoms with E-state index in [1.165, 1.54) is 11.0 Å². The number of benzene rings is 2. The first-order chi connectivity index (χ1) is 15.5. The predicted octanol–water partition coefficient (Wildman–Crippen LogP) is 4.57. The fraction of sp³-hybridized carbons (Fsp3) is 0.200. The Bertz CT molecular complexity index is 1310. The zero-order valence-corrected chi connectivity index (χ0v) is 18.4. The van der Waals surface area contributed by atoms with Crippen LogP contribution in [0, 0.1) is 5.82 Å². The maximum Gasteiger partial charge on any atom is 0.271 e. The highest BCUT2D eigenvalue weighted by atomic mass is 32.1. The van der Waals surface area contributed by atoms with Gasteiger partial charge in [0.25, 0.3) is 5.91 Å². The molecule has 32 heavy (non-hydrogen) atoms. The lowest BCUT2D eigenvalue weighted by Gasteiger charge is -2.44. The Morgan fingerprint density at radius 1 is 1.12 bits per heavy atom. The number of fused-ring (bicyclic) bond motifs is 3. The second-order valence-electron chi connectivity index (χ2n) is 8.22. The number of halogens is 1. The summed E-state index contributed by atoms with van der Waals surface area (Å²) in [6, 6.07) is 19.8. The molecule has 162 valence electrons. The van der Waals surface area contributed by atoms with E-state index in [0.717, 1.165) is 15.8 Å². The number of amides is 2. The molecule has 0 bridgehead atoms. The molecule has 0 saturated carbocycles. The standard InChI is InChI=1S/C25H22FN3O2S/c1-25(24(31)27-14-17-7-3-2-4-8-17)16-28-21(13-18-11-12-32-23(18)28)22(30)29(25)15-19-9-5-6-10-20(19)26/h2-13H,14-16H2,1H3,(H,27,31)/t25-/m1/s1. The van der Waals surface area contributed by atoms with E-state index in [0.29, 0.717) is 24.3 Å². The first-order valence-electron chi connectivity index (χ1n) is 10.4. The van der Waals surface area contributed by atoms with E-state index in [1.807, 2.05) is 52.4 Å². The van der Waals surface area contributed by atoms with E-state index in [1.54, 1.807) is 36.5 Å². The molecule has 0 saturated heterocycles. The van der Waals surface area contributed by atoms with E-state index in [-0.39, 0.29) is 18.4 Å². The van der Waals surface area contributed by atoms with Gasteiger partial charge in [0.15, 0.2) is 0 Å². The molecule has 1 N–H and O–H groups in total. The smallest absolute Gasteiger partial charge is 0.271 e. The van der Waals surface area contributed by atoms with Crippen LogP contribution in [-0.4, -0.2) is 26.8 Å². The molecule has 1 atom stereocenters. The monoisotopic (exact) mass is 447 g/mol. The Labute approximate surface area is 189 Å². The number of nitrogens with zero attached hydrogens (tertiary/aromatic N) is 2. The Hall–Kier alpha value is -3.45. The van der Waals surface area contributed by atoms with Crippen LogP contribution < -0.4 is 5.32 Å². The third-order valence-corrected chi connectivity index (χ3v) is 7.05. The number of hydrogen-bond donors (Lipinski definition) is 1. The largest absolute Gasteiger partial charge is 0.350 e. The van der Waals surface area contributed by atoms with Crippen LogP contribution in [0.2, 0.25) is 0 Å². The molecular formula is C25H22FN3O2S. The van der Waals surface area contributed by atoms with E-state index in [9.17, 15) is 14.0 Å². The van der Waals surface area contributed by atoms with Crippen LogP contribution in [0.3, 0.4) is 0 Å². The van der Waals surface area contributed by atoms with E-state index < -0.39 is 11.4 Å². The van der Waals surface area contributed by atoms with Crippen molar-refractivity contribution in [3.05, 3.63) is 94.7 Å². The molecule has 5 nitrogen and oxygen atoms in total. The molecule has 0 unspecified atom stereocenters. The summed E-state index contributed by atoms with van der Waals surface area (Å²) >= 11 is 1.54. The molecule has 0 radical (unpaired) electrons. The van der Waals surface area contributed by atoms with Crippen LogP contribution in [0.1, 0.15) is 28.5 Å². The summed E-state index contributed by atoms with van der Waals surface area (Å²) < 4.78 is 16.4.